The first-order chi connectivity index (χ1) is 14.9. The standard InChI is InChI=1S/C23H38N8.HI/c1-7-30-10-12-31(13-11-30)22-15-20(8-9-25-22)16-26-23(24-5)27-17(2)14-21-18(3)28-29(6)19(21)4;/h8-9,15,17H,7,10-14,16H2,1-6H3,(H2,24,26,27);1H. The van der Waals surface area contributed by atoms with Crippen LogP contribution in [0.15, 0.2) is 23.3 Å². The summed E-state index contributed by atoms with van der Waals surface area (Å²) >= 11 is 0. The Labute approximate surface area is 209 Å². The van der Waals surface area contributed by atoms with Crippen LogP contribution in [0, 0.1) is 13.8 Å². The van der Waals surface area contributed by atoms with Gasteiger partial charge in [-0.25, -0.2) is 4.98 Å². The van der Waals surface area contributed by atoms with Crippen molar-refractivity contribution in [1.29, 1.82) is 0 Å². The molecule has 2 N–H and O–H groups in total. The van der Waals surface area contributed by atoms with Crippen LogP contribution in [0.3, 0.4) is 0 Å². The number of guanidine groups is 1. The number of hydrogen-bond donors (Lipinski definition) is 2. The van der Waals surface area contributed by atoms with Gasteiger partial charge in [-0.2, -0.15) is 5.10 Å². The second kappa shape index (κ2) is 12.4. The van der Waals surface area contributed by atoms with Crippen molar-refractivity contribution in [2.75, 3.05) is 44.7 Å². The number of aliphatic imine (C=N–C) groups is 1. The molecule has 3 rings (SSSR count). The van der Waals surface area contributed by atoms with Gasteiger partial charge in [0, 0.05) is 64.8 Å². The van der Waals surface area contributed by atoms with E-state index < -0.39 is 0 Å². The van der Waals surface area contributed by atoms with Crippen molar-refractivity contribution in [3.05, 3.63) is 40.8 Å². The number of piperazine rings is 1. The lowest BCUT2D eigenvalue weighted by atomic mass is 10.1. The van der Waals surface area contributed by atoms with Crippen LogP contribution in [0.1, 0.15) is 36.4 Å². The largest absolute Gasteiger partial charge is 0.354 e. The molecule has 1 aliphatic heterocycles. The van der Waals surface area contributed by atoms with Gasteiger partial charge in [-0.1, -0.05) is 6.92 Å². The van der Waals surface area contributed by atoms with Gasteiger partial charge >= 0.3 is 0 Å². The third-order valence-electron chi connectivity index (χ3n) is 6.19. The summed E-state index contributed by atoms with van der Waals surface area (Å²) < 4.78 is 1.95. The second-order valence-corrected chi connectivity index (χ2v) is 8.39. The maximum atomic E-state index is 4.60. The summed E-state index contributed by atoms with van der Waals surface area (Å²) in [4.78, 5) is 13.9. The van der Waals surface area contributed by atoms with Gasteiger partial charge in [0.25, 0.3) is 0 Å². The van der Waals surface area contributed by atoms with E-state index in [1.54, 1.807) is 0 Å². The number of nitrogens with one attached hydrogen (secondary N) is 2. The minimum atomic E-state index is 0. The highest BCUT2D eigenvalue weighted by molar-refractivity contribution is 14.0. The van der Waals surface area contributed by atoms with Gasteiger partial charge in [0.05, 0.1) is 5.69 Å². The molecule has 0 radical (unpaired) electrons. The Morgan fingerprint density at radius 2 is 1.94 bits per heavy atom. The van der Waals surface area contributed by atoms with Gasteiger partial charge in [-0.3, -0.25) is 9.67 Å². The number of hydrogen-bond acceptors (Lipinski definition) is 5. The number of halogens is 1. The minimum absolute atomic E-state index is 0. The molecule has 8 nitrogen and oxygen atoms in total. The molecule has 2 aromatic rings. The highest BCUT2D eigenvalue weighted by Gasteiger charge is 2.17. The van der Waals surface area contributed by atoms with Crippen LogP contribution in [-0.2, 0) is 20.0 Å². The maximum absolute atomic E-state index is 4.60. The highest BCUT2D eigenvalue weighted by Crippen LogP contribution is 2.16. The van der Waals surface area contributed by atoms with Gasteiger partial charge < -0.3 is 20.4 Å². The number of likely N-dealkylation sites (N-methyl/N-ethyl adjacent to an activating group) is 1. The van der Waals surface area contributed by atoms with E-state index in [-0.39, 0.29) is 30.0 Å². The Bertz CT molecular complexity index is 886. The van der Waals surface area contributed by atoms with Crippen LogP contribution in [-0.4, -0.2) is 71.4 Å². The van der Waals surface area contributed by atoms with Gasteiger partial charge in [0.1, 0.15) is 5.82 Å². The number of aryl methyl sites for hydroxylation is 2. The van der Waals surface area contributed by atoms with E-state index in [0.29, 0.717) is 6.54 Å². The normalized spacial score (nSPS) is 15.9. The molecule has 1 saturated heterocycles. The van der Waals surface area contributed by atoms with E-state index in [1.807, 2.05) is 25.0 Å². The van der Waals surface area contributed by atoms with Crippen LogP contribution in [0.5, 0.6) is 0 Å². The first kappa shape index (κ1) is 26.4. The third-order valence-corrected chi connectivity index (χ3v) is 6.19. The molecule has 178 valence electrons. The zero-order chi connectivity index (χ0) is 22.4. The van der Waals surface area contributed by atoms with Gasteiger partial charge in [-0.15, -0.1) is 24.0 Å². The van der Waals surface area contributed by atoms with E-state index in [2.05, 4.69) is 75.3 Å². The topological polar surface area (TPSA) is 73.6 Å². The van der Waals surface area contributed by atoms with Crippen molar-refractivity contribution in [3.8, 4) is 0 Å². The Morgan fingerprint density at radius 1 is 1.22 bits per heavy atom. The Hall–Kier alpha value is -1.88. The fourth-order valence-corrected chi connectivity index (χ4v) is 4.12. The molecule has 1 fully saturated rings. The summed E-state index contributed by atoms with van der Waals surface area (Å²) in [5.41, 5.74) is 4.83. The molecule has 0 aromatic carbocycles. The quantitative estimate of drug-likeness (QED) is 0.312. The SMILES string of the molecule is CCN1CCN(c2cc(CNC(=NC)NC(C)Cc3c(C)nn(C)c3C)ccn2)CC1.I. The van der Waals surface area contributed by atoms with Crippen molar-refractivity contribution in [2.24, 2.45) is 12.0 Å². The Kier molecular flexibility index (Phi) is 10.2. The molecule has 1 unspecified atom stereocenters. The van der Waals surface area contributed by atoms with Crippen molar-refractivity contribution < 1.29 is 0 Å². The minimum Gasteiger partial charge on any atom is -0.354 e. The molecule has 9 heteroatoms. The van der Waals surface area contributed by atoms with Crippen LogP contribution >= 0.6 is 24.0 Å². The smallest absolute Gasteiger partial charge is 0.191 e. The molecule has 0 amide bonds. The highest BCUT2D eigenvalue weighted by atomic mass is 127. The average molecular weight is 555 g/mol. The molecule has 0 aliphatic carbocycles. The zero-order valence-corrected chi connectivity index (χ0v) is 22.7. The van der Waals surface area contributed by atoms with E-state index in [0.717, 1.165) is 56.6 Å². The van der Waals surface area contributed by atoms with Crippen molar-refractivity contribution in [1.82, 2.24) is 30.3 Å². The zero-order valence-electron chi connectivity index (χ0n) is 20.4. The molecule has 3 heterocycles. The number of aromatic nitrogens is 3. The summed E-state index contributed by atoms with van der Waals surface area (Å²) in [7, 11) is 3.81. The monoisotopic (exact) mass is 554 g/mol. The maximum Gasteiger partial charge on any atom is 0.191 e. The average Bonchev–Trinajstić information content (AvgIpc) is 3.02. The van der Waals surface area contributed by atoms with E-state index in [1.165, 1.54) is 16.8 Å². The lowest BCUT2D eigenvalue weighted by Gasteiger charge is -2.34. The van der Waals surface area contributed by atoms with E-state index in [4.69, 9.17) is 0 Å². The van der Waals surface area contributed by atoms with Crippen LogP contribution < -0.4 is 15.5 Å². The lowest BCUT2D eigenvalue weighted by molar-refractivity contribution is 0.270. The van der Waals surface area contributed by atoms with E-state index in [9.17, 15) is 0 Å². The fourth-order valence-electron chi connectivity index (χ4n) is 4.12. The van der Waals surface area contributed by atoms with Crippen molar-refractivity contribution in [3.63, 3.8) is 0 Å². The lowest BCUT2D eigenvalue weighted by Crippen LogP contribution is -2.46. The van der Waals surface area contributed by atoms with Gasteiger partial charge in [0.15, 0.2) is 5.96 Å². The molecule has 0 spiro atoms. The number of anilines is 1. The third kappa shape index (κ3) is 6.81. The summed E-state index contributed by atoms with van der Waals surface area (Å²) in [5, 5.41) is 11.5. The van der Waals surface area contributed by atoms with Crippen molar-refractivity contribution in [2.45, 2.75) is 46.7 Å². The summed E-state index contributed by atoms with van der Waals surface area (Å²) in [6, 6.07) is 4.50. The molecule has 32 heavy (non-hydrogen) atoms. The molecular weight excluding hydrogens is 515 g/mol. The van der Waals surface area contributed by atoms with Gasteiger partial charge in [-0.05, 0) is 57.0 Å². The van der Waals surface area contributed by atoms with Gasteiger partial charge in [0.2, 0.25) is 0 Å². The summed E-state index contributed by atoms with van der Waals surface area (Å²) in [5.74, 6) is 1.87. The summed E-state index contributed by atoms with van der Waals surface area (Å²) in [6.07, 6.45) is 2.82. The second-order valence-electron chi connectivity index (χ2n) is 8.39. The molecule has 1 atom stereocenters. The van der Waals surface area contributed by atoms with Crippen LogP contribution in [0.25, 0.3) is 0 Å². The fraction of sp³-hybridized carbons (Fsp3) is 0.609. The van der Waals surface area contributed by atoms with E-state index >= 15 is 0 Å². The predicted molar refractivity (Wildman–Crippen MR) is 143 cm³/mol. The number of pyridine rings is 1. The predicted octanol–water partition coefficient (Wildman–Crippen LogP) is 2.49. The molecule has 0 saturated carbocycles. The Morgan fingerprint density at radius 3 is 2.53 bits per heavy atom. The van der Waals surface area contributed by atoms with Crippen molar-refractivity contribution >= 4 is 35.8 Å². The first-order valence-electron chi connectivity index (χ1n) is 11.3. The molecule has 1 aliphatic rings. The Balaban J connectivity index is 0.00000363. The molecule has 2 aromatic heterocycles. The number of nitrogens with zero attached hydrogens (tertiary/aromatic N) is 6. The van der Waals surface area contributed by atoms with Crippen LogP contribution in [0.4, 0.5) is 5.82 Å². The summed E-state index contributed by atoms with van der Waals surface area (Å²) in [6.45, 7) is 14.7. The van der Waals surface area contributed by atoms with Crippen LogP contribution in [0.2, 0.25) is 0 Å². The molecular formula is C23H39IN8. The molecule has 0 bridgehead atoms. The number of rotatable bonds is 7. The first-order valence-corrected chi connectivity index (χ1v) is 11.3.